The average Bonchev–Trinajstić information content (AvgIpc) is 2.74. The summed E-state index contributed by atoms with van der Waals surface area (Å²) in [6.07, 6.45) is 1.75. The van der Waals surface area contributed by atoms with Crippen molar-refractivity contribution in [1.29, 1.82) is 0 Å². The van der Waals surface area contributed by atoms with E-state index in [-0.39, 0.29) is 12.3 Å². The second kappa shape index (κ2) is 9.86. The van der Waals surface area contributed by atoms with Crippen molar-refractivity contribution in [1.82, 2.24) is 10.3 Å². The monoisotopic (exact) mass is 413 g/mol. The van der Waals surface area contributed by atoms with Gasteiger partial charge in [0.15, 0.2) is 11.5 Å². The van der Waals surface area contributed by atoms with Crippen molar-refractivity contribution < 1.29 is 14.4 Å². The van der Waals surface area contributed by atoms with E-state index in [0.29, 0.717) is 29.6 Å². The smallest absolute Gasteiger partial charge is 0.269 e. The van der Waals surface area contributed by atoms with Gasteiger partial charge in [-0.05, 0) is 41.5 Å². The Hall–Kier alpha value is -3.16. The molecular weight excluding hydrogens is 394 g/mol. The average molecular weight is 414 g/mol. The first kappa shape index (κ1) is 20.6. The summed E-state index contributed by atoms with van der Waals surface area (Å²) in [5.74, 6) is 1.07. The van der Waals surface area contributed by atoms with Crippen molar-refractivity contribution >= 4 is 17.3 Å². The minimum absolute atomic E-state index is 0.0388. The van der Waals surface area contributed by atoms with Crippen molar-refractivity contribution in [3.63, 3.8) is 0 Å². The SMILES string of the molecule is COc1cc(CNCc2ccccn2)c(Cl)cc1OCc1ccc([N+](=O)[O-])cc1. The van der Waals surface area contributed by atoms with Crippen molar-refractivity contribution in [3.8, 4) is 11.5 Å². The van der Waals surface area contributed by atoms with Crippen LogP contribution in [0.5, 0.6) is 11.5 Å². The Kier molecular flexibility index (Phi) is 6.99. The van der Waals surface area contributed by atoms with E-state index in [4.69, 9.17) is 21.1 Å². The van der Waals surface area contributed by atoms with Gasteiger partial charge in [0.1, 0.15) is 6.61 Å². The molecule has 0 spiro atoms. The van der Waals surface area contributed by atoms with Crippen LogP contribution in [0, 0.1) is 10.1 Å². The van der Waals surface area contributed by atoms with E-state index in [1.54, 1.807) is 31.5 Å². The van der Waals surface area contributed by atoms with E-state index in [0.717, 1.165) is 16.8 Å². The van der Waals surface area contributed by atoms with Gasteiger partial charge in [0, 0.05) is 42.5 Å². The lowest BCUT2D eigenvalue weighted by molar-refractivity contribution is -0.384. The molecule has 0 aliphatic heterocycles. The molecule has 0 unspecified atom stereocenters. The van der Waals surface area contributed by atoms with Gasteiger partial charge in [-0.25, -0.2) is 0 Å². The van der Waals surface area contributed by atoms with Crippen LogP contribution in [0.1, 0.15) is 16.8 Å². The fourth-order valence-corrected chi connectivity index (χ4v) is 2.91. The highest BCUT2D eigenvalue weighted by atomic mass is 35.5. The lowest BCUT2D eigenvalue weighted by atomic mass is 10.2. The number of methoxy groups -OCH3 is 1. The summed E-state index contributed by atoms with van der Waals surface area (Å²) < 4.78 is 11.2. The van der Waals surface area contributed by atoms with Gasteiger partial charge in [-0.2, -0.15) is 0 Å². The van der Waals surface area contributed by atoms with Gasteiger partial charge in [-0.1, -0.05) is 17.7 Å². The third-order valence-corrected chi connectivity index (χ3v) is 4.57. The van der Waals surface area contributed by atoms with Crippen molar-refractivity contribution in [2.75, 3.05) is 7.11 Å². The molecule has 0 saturated carbocycles. The molecule has 0 aliphatic rings. The summed E-state index contributed by atoms with van der Waals surface area (Å²) in [4.78, 5) is 14.6. The maximum atomic E-state index is 10.7. The molecular formula is C21H20ClN3O4. The summed E-state index contributed by atoms with van der Waals surface area (Å²) in [5, 5.41) is 14.6. The van der Waals surface area contributed by atoms with E-state index in [1.807, 2.05) is 24.3 Å². The van der Waals surface area contributed by atoms with Crippen LogP contribution < -0.4 is 14.8 Å². The van der Waals surface area contributed by atoms with Gasteiger partial charge in [0.2, 0.25) is 0 Å². The molecule has 8 heteroatoms. The minimum atomic E-state index is -0.436. The number of nitro benzene ring substituents is 1. The van der Waals surface area contributed by atoms with Crippen molar-refractivity contribution in [3.05, 3.63) is 92.8 Å². The predicted molar refractivity (Wildman–Crippen MR) is 110 cm³/mol. The maximum Gasteiger partial charge on any atom is 0.269 e. The van der Waals surface area contributed by atoms with Crippen LogP contribution in [0.25, 0.3) is 0 Å². The number of non-ortho nitro benzene ring substituents is 1. The highest BCUT2D eigenvalue weighted by Gasteiger charge is 2.12. The van der Waals surface area contributed by atoms with E-state index < -0.39 is 4.92 Å². The molecule has 1 heterocycles. The Bertz CT molecular complexity index is 966. The van der Waals surface area contributed by atoms with E-state index in [9.17, 15) is 10.1 Å². The molecule has 0 amide bonds. The highest BCUT2D eigenvalue weighted by molar-refractivity contribution is 6.31. The van der Waals surface area contributed by atoms with Crippen LogP contribution in [0.2, 0.25) is 5.02 Å². The van der Waals surface area contributed by atoms with E-state index in [1.165, 1.54) is 12.1 Å². The van der Waals surface area contributed by atoms with Crippen LogP contribution in [-0.2, 0) is 19.7 Å². The van der Waals surface area contributed by atoms with Gasteiger partial charge in [-0.3, -0.25) is 15.1 Å². The van der Waals surface area contributed by atoms with Gasteiger partial charge in [0.05, 0.1) is 17.7 Å². The van der Waals surface area contributed by atoms with Gasteiger partial charge in [-0.15, -0.1) is 0 Å². The number of pyridine rings is 1. The molecule has 150 valence electrons. The third kappa shape index (κ3) is 5.66. The maximum absolute atomic E-state index is 10.7. The molecule has 0 atom stereocenters. The number of nitro groups is 1. The second-order valence-electron chi connectivity index (χ2n) is 6.23. The minimum Gasteiger partial charge on any atom is -0.493 e. The fraction of sp³-hybridized carbons (Fsp3) is 0.190. The molecule has 3 aromatic rings. The van der Waals surface area contributed by atoms with Gasteiger partial charge < -0.3 is 14.8 Å². The summed E-state index contributed by atoms with van der Waals surface area (Å²) in [6, 6.07) is 15.5. The van der Waals surface area contributed by atoms with Crippen LogP contribution in [0.15, 0.2) is 60.8 Å². The van der Waals surface area contributed by atoms with Crippen molar-refractivity contribution in [2.24, 2.45) is 0 Å². The van der Waals surface area contributed by atoms with Crippen LogP contribution in [-0.4, -0.2) is 17.0 Å². The standard InChI is InChI=1S/C21H20ClN3O4/c1-28-20-10-16(12-23-13-17-4-2-3-9-24-17)19(22)11-21(20)29-14-15-5-7-18(8-6-15)25(26)27/h2-11,23H,12-14H2,1H3. The van der Waals surface area contributed by atoms with Crippen molar-refractivity contribution in [2.45, 2.75) is 19.7 Å². The fourth-order valence-electron chi connectivity index (χ4n) is 2.69. The first-order valence-electron chi connectivity index (χ1n) is 8.90. The van der Waals surface area contributed by atoms with Gasteiger partial charge in [0.25, 0.3) is 5.69 Å². The zero-order valence-electron chi connectivity index (χ0n) is 15.8. The quantitative estimate of drug-likeness (QED) is 0.410. The molecule has 1 aromatic heterocycles. The normalized spacial score (nSPS) is 10.6. The zero-order chi connectivity index (χ0) is 20.6. The van der Waals surface area contributed by atoms with Gasteiger partial charge >= 0.3 is 0 Å². The van der Waals surface area contributed by atoms with E-state index in [2.05, 4.69) is 10.3 Å². The summed E-state index contributed by atoms with van der Waals surface area (Å²) in [6.45, 7) is 1.41. The first-order chi connectivity index (χ1) is 14.1. The lowest BCUT2D eigenvalue weighted by Gasteiger charge is -2.14. The summed E-state index contributed by atoms with van der Waals surface area (Å²) in [5.41, 5.74) is 2.66. The number of ether oxygens (including phenoxy) is 2. The number of aromatic nitrogens is 1. The number of nitrogens with one attached hydrogen (secondary N) is 1. The Morgan fingerprint density at radius 3 is 2.55 bits per heavy atom. The molecule has 0 aliphatic carbocycles. The Morgan fingerprint density at radius 1 is 1.10 bits per heavy atom. The topological polar surface area (TPSA) is 86.5 Å². The first-order valence-corrected chi connectivity index (χ1v) is 9.28. The predicted octanol–water partition coefficient (Wildman–Crippen LogP) is 4.52. The lowest BCUT2D eigenvalue weighted by Crippen LogP contribution is -2.14. The van der Waals surface area contributed by atoms with Crippen LogP contribution in [0.4, 0.5) is 5.69 Å². The number of rotatable bonds is 9. The second-order valence-corrected chi connectivity index (χ2v) is 6.64. The highest BCUT2D eigenvalue weighted by Crippen LogP contribution is 2.34. The number of hydrogen-bond donors (Lipinski definition) is 1. The number of hydrogen-bond acceptors (Lipinski definition) is 6. The summed E-state index contributed by atoms with van der Waals surface area (Å²) in [7, 11) is 1.56. The molecule has 0 saturated heterocycles. The molecule has 7 nitrogen and oxygen atoms in total. The third-order valence-electron chi connectivity index (χ3n) is 4.22. The Balaban J connectivity index is 1.63. The zero-order valence-corrected chi connectivity index (χ0v) is 16.6. The number of benzene rings is 2. The van der Waals surface area contributed by atoms with Crippen LogP contribution in [0.3, 0.4) is 0 Å². The largest absolute Gasteiger partial charge is 0.493 e. The molecule has 0 fully saturated rings. The molecule has 3 rings (SSSR count). The molecule has 0 bridgehead atoms. The van der Waals surface area contributed by atoms with Crippen LogP contribution >= 0.6 is 11.6 Å². The molecule has 2 aromatic carbocycles. The molecule has 29 heavy (non-hydrogen) atoms. The number of nitrogens with zero attached hydrogens (tertiary/aromatic N) is 2. The molecule has 0 radical (unpaired) electrons. The number of halogens is 1. The molecule has 1 N–H and O–H groups in total. The summed E-state index contributed by atoms with van der Waals surface area (Å²) >= 11 is 6.41. The Labute approximate surface area is 173 Å². The Morgan fingerprint density at radius 2 is 1.90 bits per heavy atom. The van der Waals surface area contributed by atoms with E-state index >= 15 is 0 Å².